The maximum absolute atomic E-state index is 12.7. The SMILES string of the molecule is NN=NC(=Nc1ccccc1OC(F)F)c1ccccc1-c1ccccc1O. The number of phenolic OH excluding ortho intramolecular Hbond substituents is 1. The second-order valence-corrected chi connectivity index (χ2v) is 5.56. The summed E-state index contributed by atoms with van der Waals surface area (Å²) in [6.07, 6.45) is 0. The normalized spacial score (nSPS) is 11.9. The number of amidine groups is 1. The van der Waals surface area contributed by atoms with Crippen LogP contribution in [0.5, 0.6) is 11.5 Å². The Hall–Kier alpha value is -3.81. The van der Waals surface area contributed by atoms with E-state index in [9.17, 15) is 13.9 Å². The number of aromatic hydroxyl groups is 1. The highest BCUT2D eigenvalue weighted by molar-refractivity contribution is 6.06. The predicted molar refractivity (Wildman–Crippen MR) is 102 cm³/mol. The molecule has 0 saturated heterocycles. The van der Waals surface area contributed by atoms with Gasteiger partial charge in [-0.2, -0.15) is 8.78 Å². The van der Waals surface area contributed by atoms with Crippen molar-refractivity contribution in [1.29, 1.82) is 0 Å². The Morgan fingerprint density at radius 3 is 2.25 bits per heavy atom. The maximum Gasteiger partial charge on any atom is 0.387 e. The van der Waals surface area contributed by atoms with Crippen LogP contribution in [0.25, 0.3) is 11.1 Å². The fourth-order valence-electron chi connectivity index (χ4n) is 2.66. The lowest BCUT2D eigenvalue weighted by molar-refractivity contribution is -0.0494. The predicted octanol–water partition coefficient (Wildman–Crippen LogP) is 5.06. The molecule has 0 aromatic heterocycles. The number of hydrogen-bond acceptors (Lipinski definition) is 4. The van der Waals surface area contributed by atoms with Crippen molar-refractivity contribution in [2.24, 2.45) is 21.2 Å². The zero-order chi connectivity index (χ0) is 19.9. The van der Waals surface area contributed by atoms with Crippen molar-refractivity contribution in [3.05, 3.63) is 78.4 Å². The first kappa shape index (κ1) is 19.0. The zero-order valence-corrected chi connectivity index (χ0v) is 14.5. The molecule has 0 atom stereocenters. The number of nitrogens with zero attached hydrogens (tertiary/aromatic N) is 3. The lowest BCUT2D eigenvalue weighted by atomic mass is 9.98. The summed E-state index contributed by atoms with van der Waals surface area (Å²) in [6.45, 7) is -3.00. The second kappa shape index (κ2) is 8.72. The number of para-hydroxylation sites is 3. The summed E-state index contributed by atoms with van der Waals surface area (Å²) in [4.78, 5) is 4.32. The highest BCUT2D eigenvalue weighted by Gasteiger charge is 2.15. The number of phenols is 1. The van der Waals surface area contributed by atoms with Crippen molar-refractivity contribution in [3.8, 4) is 22.6 Å². The molecule has 0 bridgehead atoms. The first-order valence-electron chi connectivity index (χ1n) is 8.21. The van der Waals surface area contributed by atoms with Crippen molar-refractivity contribution in [2.45, 2.75) is 6.61 Å². The van der Waals surface area contributed by atoms with Gasteiger partial charge in [0, 0.05) is 11.1 Å². The van der Waals surface area contributed by atoms with Gasteiger partial charge in [0.25, 0.3) is 0 Å². The molecule has 0 fully saturated rings. The molecule has 0 aliphatic rings. The van der Waals surface area contributed by atoms with Crippen molar-refractivity contribution in [2.75, 3.05) is 0 Å². The molecule has 0 spiro atoms. The molecule has 3 aromatic carbocycles. The Morgan fingerprint density at radius 1 is 0.893 bits per heavy atom. The number of halogens is 2. The van der Waals surface area contributed by atoms with Gasteiger partial charge in [0.2, 0.25) is 0 Å². The van der Waals surface area contributed by atoms with Gasteiger partial charge >= 0.3 is 6.61 Å². The van der Waals surface area contributed by atoms with Gasteiger partial charge in [-0.1, -0.05) is 59.8 Å². The monoisotopic (exact) mass is 382 g/mol. The average Bonchev–Trinajstić information content (AvgIpc) is 2.69. The number of ether oxygens (including phenoxy) is 1. The number of benzene rings is 3. The number of aliphatic imine (C=N–C) groups is 1. The number of nitrogens with two attached hydrogens (primary N) is 1. The van der Waals surface area contributed by atoms with Crippen LogP contribution in [0.3, 0.4) is 0 Å². The molecule has 3 rings (SSSR count). The van der Waals surface area contributed by atoms with Crippen LogP contribution in [0.2, 0.25) is 0 Å². The van der Waals surface area contributed by atoms with E-state index in [1.165, 1.54) is 12.1 Å². The largest absolute Gasteiger partial charge is 0.507 e. The van der Waals surface area contributed by atoms with Gasteiger partial charge in [-0.3, -0.25) is 0 Å². The molecule has 0 unspecified atom stereocenters. The summed E-state index contributed by atoms with van der Waals surface area (Å²) in [6, 6.07) is 19.9. The number of hydrogen-bond donors (Lipinski definition) is 2. The molecule has 28 heavy (non-hydrogen) atoms. The van der Waals surface area contributed by atoms with Crippen molar-refractivity contribution < 1.29 is 18.6 Å². The Labute approximate surface area is 159 Å². The van der Waals surface area contributed by atoms with Gasteiger partial charge in [0.1, 0.15) is 11.4 Å². The highest BCUT2D eigenvalue weighted by Crippen LogP contribution is 2.34. The summed E-state index contributed by atoms with van der Waals surface area (Å²) in [7, 11) is 0. The van der Waals surface area contributed by atoms with Crippen LogP contribution in [0, 0.1) is 0 Å². The van der Waals surface area contributed by atoms with Crippen LogP contribution >= 0.6 is 0 Å². The smallest absolute Gasteiger partial charge is 0.387 e. The van der Waals surface area contributed by atoms with E-state index in [0.29, 0.717) is 16.7 Å². The summed E-state index contributed by atoms with van der Waals surface area (Å²) < 4.78 is 29.9. The maximum atomic E-state index is 12.7. The Kier molecular flexibility index (Phi) is 5.91. The summed E-state index contributed by atoms with van der Waals surface area (Å²) in [5.41, 5.74) is 1.82. The molecule has 3 N–H and O–H groups in total. The standard InChI is InChI=1S/C20H16F2N4O2/c21-20(22)28-18-12-6-4-10-16(18)24-19(25-26-23)15-9-2-1-7-13(15)14-8-3-5-11-17(14)27/h1-12,20,27H,(H2,23,24,25). The van der Waals surface area contributed by atoms with E-state index in [1.807, 2.05) is 0 Å². The van der Waals surface area contributed by atoms with E-state index in [1.54, 1.807) is 60.7 Å². The second-order valence-electron chi connectivity index (χ2n) is 5.56. The van der Waals surface area contributed by atoms with Gasteiger partial charge in [-0.05, 0) is 23.8 Å². The quantitative estimate of drug-likeness (QED) is 0.212. The van der Waals surface area contributed by atoms with E-state index in [4.69, 9.17) is 5.84 Å². The lowest BCUT2D eigenvalue weighted by Gasteiger charge is -2.11. The summed E-state index contributed by atoms with van der Waals surface area (Å²) in [5.74, 6) is 5.27. The average molecular weight is 382 g/mol. The Morgan fingerprint density at radius 2 is 1.54 bits per heavy atom. The van der Waals surface area contributed by atoms with Crippen LogP contribution in [-0.2, 0) is 0 Å². The van der Waals surface area contributed by atoms with Gasteiger partial charge in [0.05, 0.1) is 0 Å². The van der Waals surface area contributed by atoms with Crippen LogP contribution in [0.4, 0.5) is 14.5 Å². The van der Waals surface area contributed by atoms with Crippen molar-refractivity contribution in [1.82, 2.24) is 0 Å². The number of rotatable bonds is 5. The Balaban J connectivity index is 2.16. The third-order valence-electron chi connectivity index (χ3n) is 3.82. The van der Waals surface area contributed by atoms with E-state index in [0.717, 1.165) is 0 Å². The topological polar surface area (TPSA) is 92.6 Å². The highest BCUT2D eigenvalue weighted by atomic mass is 19.3. The Bertz CT molecular complexity index is 1020. The molecule has 3 aromatic rings. The molecule has 0 amide bonds. The van der Waals surface area contributed by atoms with Crippen LogP contribution in [0.15, 0.2) is 88.1 Å². The molecule has 0 aliphatic heterocycles. The van der Waals surface area contributed by atoms with Gasteiger partial charge in [0.15, 0.2) is 11.6 Å². The van der Waals surface area contributed by atoms with E-state index in [-0.39, 0.29) is 23.0 Å². The first-order valence-corrected chi connectivity index (χ1v) is 8.21. The molecule has 0 aliphatic carbocycles. The summed E-state index contributed by atoms with van der Waals surface area (Å²) in [5, 5.41) is 17.4. The minimum Gasteiger partial charge on any atom is -0.507 e. The van der Waals surface area contributed by atoms with E-state index in [2.05, 4.69) is 20.1 Å². The van der Waals surface area contributed by atoms with Crippen molar-refractivity contribution >= 4 is 11.5 Å². The van der Waals surface area contributed by atoms with Crippen LogP contribution < -0.4 is 10.6 Å². The third kappa shape index (κ3) is 4.29. The lowest BCUT2D eigenvalue weighted by Crippen LogP contribution is -2.03. The first-order chi connectivity index (χ1) is 13.6. The zero-order valence-electron chi connectivity index (χ0n) is 14.5. The van der Waals surface area contributed by atoms with E-state index < -0.39 is 6.61 Å². The minimum atomic E-state index is -3.00. The molecule has 8 heteroatoms. The third-order valence-corrected chi connectivity index (χ3v) is 3.82. The van der Waals surface area contributed by atoms with Crippen molar-refractivity contribution in [3.63, 3.8) is 0 Å². The molecular formula is C20H16F2N4O2. The van der Waals surface area contributed by atoms with E-state index >= 15 is 0 Å². The molecule has 142 valence electrons. The summed E-state index contributed by atoms with van der Waals surface area (Å²) >= 11 is 0. The van der Waals surface area contributed by atoms with Gasteiger partial charge < -0.3 is 15.7 Å². The van der Waals surface area contributed by atoms with Crippen LogP contribution in [-0.4, -0.2) is 17.6 Å². The molecule has 0 heterocycles. The molecule has 0 radical (unpaired) electrons. The molecular weight excluding hydrogens is 366 g/mol. The minimum absolute atomic E-state index is 0.0698. The van der Waals surface area contributed by atoms with Gasteiger partial charge in [-0.15, -0.1) is 5.11 Å². The molecule has 6 nitrogen and oxygen atoms in total. The van der Waals surface area contributed by atoms with Crippen LogP contribution in [0.1, 0.15) is 5.56 Å². The fraction of sp³-hybridized carbons (Fsp3) is 0.0500. The fourth-order valence-corrected chi connectivity index (χ4v) is 2.66. The van der Waals surface area contributed by atoms with Gasteiger partial charge in [-0.25, -0.2) is 4.99 Å². The number of alkyl halides is 2. The molecule has 0 saturated carbocycles.